The summed E-state index contributed by atoms with van der Waals surface area (Å²) in [5.41, 5.74) is -0.729. The van der Waals surface area contributed by atoms with Crippen molar-refractivity contribution in [2.75, 3.05) is 18.0 Å². The monoisotopic (exact) mass is 408 g/mol. The Morgan fingerprint density at radius 3 is 2.56 bits per heavy atom. The van der Waals surface area contributed by atoms with Crippen LogP contribution in [0.15, 0.2) is 12.1 Å². The van der Waals surface area contributed by atoms with Gasteiger partial charge in [-0.2, -0.15) is 13.2 Å². The van der Waals surface area contributed by atoms with E-state index < -0.39 is 48.4 Å². The number of alkyl halides is 3. The standard InChI is InChI=1S/C17H17ClF4N2O3/c18-14-10(19)1-2-11-13(14)16(5-3-9(25)4-6-16)15(27)24(11)7-12(26)23-8-17(20,21)22/h1-2,9,25H,3-8H2,(H,23,26). The van der Waals surface area contributed by atoms with Crippen molar-refractivity contribution in [2.45, 2.75) is 43.4 Å². The lowest BCUT2D eigenvalue weighted by atomic mass is 9.69. The van der Waals surface area contributed by atoms with Crippen LogP contribution < -0.4 is 10.2 Å². The molecule has 1 heterocycles. The molecule has 2 N–H and O–H groups in total. The highest BCUT2D eigenvalue weighted by atomic mass is 35.5. The molecule has 1 aromatic carbocycles. The van der Waals surface area contributed by atoms with Crippen LogP contribution in [-0.4, -0.2) is 42.3 Å². The molecule has 148 valence electrons. The number of nitrogens with one attached hydrogen (secondary N) is 1. The average molecular weight is 409 g/mol. The van der Waals surface area contributed by atoms with Gasteiger partial charge in [-0.1, -0.05) is 11.6 Å². The second kappa shape index (κ2) is 6.94. The van der Waals surface area contributed by atoms with Crippen LogP contribution in [0.5, 0.6) is 0 Å². The molecule has 1 spiro atoms. The SMILES string of the molecule is O=C(CN1C(=O)C2(CCC(O)CC2)c2c1ccc(F)c2Cl)NCC(F)(F)F. The van der Waals surface area contributed by atoms with E-state index in [9.17, 15) is 32.3 Å². The van der Waals surface area contributed by atoms with E-state index in [1.54, 1.807) is 5.32 Å². The fourth-order valence-corrected chi connectivity index (χ4v) is 4.15. The van der Waals surface area contributed by atoms with E-state index in [-0.39, 0.29) is 29.1 Å². The Bertz CT molecular complexity index is 776. The van der Waals surface area contributed by atoms with E-state index in [2.05, 4.69) is 0 Å². The molecule has 5 nitrogen and oxygen atoms in total. The van der Waals surface area contributed by atoms with Crippen molar-refractivity contribution in [2.24, 2.45) is 0 Å². The summed E-state index contributed by atoms with van der Waals surface area (Å²) in [6.45, 7) is -2.14. The number of aliphatic hydroxyl groups is 1. The molecule has 1 saturated carbocycles. The number of amides is 2. The Kier molecular flexibility index (Phi) is 5.11. The lowest BCUT2D eigenvalue weighted by molar-refractivity contribution is -0.138. The number of aliphatic hydroxyl groups excluding tert-OH is 1. The average Bonchev–Trinajstić information content (AvgIpc) is 2.81. The number of carbonyl (C=O) groups is 2. The van der Waals surface area contributed by atoms with Gasteiger partial charge in [0.15, 0.2) is 0 Å². The van der Waals surface area contributed by atoms with Crippen LogP contribution in [0.2, 0.25) is 5.02 Å². The number of halogens is 5. The Hall–Kier alpha value is -1.87. The van der Waals surface area contributed by atoms with Gasteiger partial charge < -0.3 is 15.3 Å². The molecule has 10 heteroatoms. The summed E-state index contributed by atoms with van der Waals surface area (Å²) in [6, 6.07) is 2.34. The van der Waals surface area contributed by atoms with Crippen LogP contribution in [0.1, 0.15) is 31.2 Å². The Balaban J connectivity index is 1.93. The quantitative estimate of drug-likeness (QED) is 0.755. The molecule has 0 unspecified atom stereocenters. The van der Waals surface area contributed by atoms with E-state index in [0.29, 0.717) is 12.8 Å². The minimum atomic E-state index is -4.57. The summed E-state index contributed by atoms with van der Waals surface area (Å²) in [6.07, 6.45) is -4.15. The summed E-state index contributed by atoms with van der Waals surface area (Å²) in [4.78, 5) is 26.1. The number of benzene rings is 1. The predicted molar refractivity (Wildman–Crippen MR) is 89.0 cm³/mol. The third kappa shape index (κ3) is 3.62. The van der Waals surface area contributed by atoms with Crippen molar-refractivity contribution in [1.29, 1.82) is 0 Å². The van der Waals surface area contributed by atoms with Crippen molar-refractivity contribution < 1.29 is 32.3 Å². The molecule has 1 fully saturated rings. The lowest BCUT2D eigenvalue weighted by Gasteiger charge is -2.35. The van der Waals surface area contributed by atoms with Gasteiger partial charge in [-0.25, -0.2) is 4.39 Å². The van der Waals surface area contributed by atoms with E-state index in [4.69, 9.17) is 11.6 Å². The molecule has 3 rings (SSSR count). The number of carbonyl (C=O) groups excluding carboxylic acids is 2. The number of fused-ring (bicyclic) bond motifs is 2. The molecular weight excluding hydrogens is 392 g/mol. The number of rotatable bonds is 3. The van der Waals surface area contributed by atoms with E-state index in [1.165, 1.54) is 6.07 Å². The molecule has 1 aromatic rings. The normalized spacial score (nSPS) is 25.0. The first-order valence-corrected chi connectivity index (χ1v) is 8.75. The van der Waals surface area contributed by atoms with Crippen LogP contribution in [0.3, 0.4) is 0 Å². The third-order valence-electron chi connectivity index (χ3n) is 5.09. The van der Waals surface area contributed by atoms with Gasteiger partial charge in [0.1, 0.15) is 18.9 Å². The van der Waals surface area contributed by atoms with Crippen LogP contribution in [0.25, 0.3) is 0 Å². The number of hydrogen-bond donors (Lipinski definition) is 2. The largest absolute Gasteiger partial charge is 0.405 e. The summed E-state index contributed by atoms with van der Waals surface area (Å²) in [5, 5.41) is 11.2. The Morgan fingerprint density at radius 2 is 1.96 bits per heavy atom. The number of hydrogen-bond acceptors (Lipinski definition) is 3. The first kappa shape index (κ1) is 19.9. The topological polar surface area (TPSA) is 69.6 Å². The van der Waals surface area contributed by atoms with Crippen molar-refractivity contribution in [3.05, 3.63) is 28.5 Å². The van der Waals surface area contributed by atoms with Gasteiger partial charge in [-0.15, -0.1) is 0 Å². The van der Waals surface area contributed by atoms with E-state index in [1.807, 2.05) is 0 Å². The van der Waals surface area contributed by atoms with Crippen LogP contribution >= 0.6 is 11.6 Å². The molecular formula is C17H17ClF4N2O3. The maximum absolute atomic E-state index is 14.0. The van der Waals surface area contributed by atoms with E-state index in [0.717, 1.165) is 11.0 Å². The second-order valence-corrected chi connectivity index (χ2v) is 7.23. The minimum absolute atomic E-state index is 0.212. The van der Waals surface area contributed by atoms with Gasteiger partial charge in [-0.3, -0.25) is 9.59 Å². The fraction of sp³-hybridized carbons (Fsp3) is 0.529. The Labute approximate surface area is 157 Å². The summed E-state index contributed by atoms with van der Waals surface area (Å²) in [5.74, 6) is -2.23. The van der Waals surface area contributed by atoms with Crippen molar-refractivity contribution >= 4 is 29.1 Å². The summed E-state index contributed by atoms with van der Waals surface area (Å²) < 4.78 is 50.9. The zero-order chi connectivity index (χ0) is 20.0. The van der Waals surface area contributed by atoms with Gasteiger partial charge in [-0.05, 0) is 37.8 Å². The summed E-state index contributed by atoms with van der Waals surface area (Å²) in [7, 11) is 0. The first-order valence-electron chi connectivity index (χ1n) is 8.37. The van der Waals surface area contributed by atoms with Crippen LogP contribution in [0.4, 0.5) is 23.2 Å². The van der Waals surface area contributed by atoms with Crippen molar-refractivity contribution in [3.8, 4) is 0 Å². The molecule has 0 saturated heterocycles. The molecule has 0 atom stereocenters. The smallest absolute Gasteiger partial charge is 0.393 e. The van der Waals surface area contributed by atoms with Gasteiger partial charge in [0, 0.05) is 5.56 Å². The lowest BCUT2D eigenvalue weighted by Crippen LogP contribution is -2.47. The van der Waals surface area contributed by atoms with Crippen LogP contribution in [-0.2, 0) is 15.0 Å². The van der Waals surface area contributed by atoms with Gasteiger partial charge >= 0.3 is 6.18 Å². The van der Waals surface area contributed by atoms with Crippen LogP contribution in [0, 0.1) is 5.82 Å². The third-order valence-corrected chi connectivity index (χ3v) is 5.46. The number of anilines is 1. The molecule has 0 aromatic heterocycles. The van der Waals surface area contributed by atoms with Gasteiger partial charge in [0.25, 0.3) is 0 Å². The molecule has 27 heavy (non-hydrogen) atoms. The second-order valence-electron chi connectivity index (χ2n) is 6.85. The Morgan fingerprint density at radius 1 is 1.33 bits per heavy atom. The first-order chi connectivity index (χ1) is 12.5. The minimum Gasteiger partial charge on any atom is -0.393 e. The van der Waals surface area contributed by atoms with Gasteiger partial charge in [0.05, 0.1) is 22.2 Å². The van der Waals surface area contributed by atoms with Crippen molar-refractivity contribution in [1.82, 2.24) is 5.32 Å². The van der Waals surface area contributed by atoms with E-state index >= 15 is 0 Å². The highest BCUT2D eigenvalue weighted by Gasteiger charge is 2.54. The zero-order valence-electron chi connectivity index (χ0n) is 14.1. The summed E-state index contributed by atoms with van der Waals surface area (Å²) >= 11 is 6.12. The highest BCUT2D eigenvalue weighted by molar-refractivity contribution is 6.33. The molecule has 0 bridgehead atoms. The molecule has 1 aliphatic carbocycles. The fourth-order valence-electron chi connectivity index (χ4n) is 3.81. The molecule has 2 aliphatic rings. The molecule has 0 radical (unpaired) electrons. The maximum atomic E-state index is 14.0. The number of nitrogens with zero attached hydrogens (tertiary/aromatic N) is 1. The molecule has 2 amide bonds. The predicted octanol–water partition coefficient (Wildman–Crippen LogP) is 2.68. The highest BCUT2D eigenvalue weighted by Crippen LogP contribution is 2.53. The van der Waals surface area contributed by atoms with Gasteiger partial charge in [0.2, 0.25) is 11.8 Å². The zero-order valence-corrected chi connectivity index (χ0v) is 14.8. The van der Waals surface area contributed by atoms with Crippen molar-refractivity contribution in [3.63, 3.8) is 0 Å². The molecule has 1 aliphatic heterocycles. The maximum Gasteiger partial charge on any atom is 0.405 e.